The number of nitrogens with zero attached hydrogens (tertiary/aromatic N) is 2. The molecule has 1 aromatic carbocycles. The number of aromatic nitrogens is 2. The van der Waals surface area contributed by atoms with Crippen molar-refractivity contribution < 1.29 is 0 Å². The fraction of sp³-hybridized carbons (Fsp3) is 0.438. The van der Waals surface area contributed by atoms with Crippen LogP contribution in [0, 0.1) is 0 Å². The predicted octanol–water partition coefficient (Wildman–Crippen LogP) is 4.50. The first-order valence-electron chi connectivity index (χ1n) is 7.38. The monoisotopic (exact) mass is 367 g/mol. The van der Waals surface area contributed by atoms with E-state index in [1.807, 2.05) is 18.0 Å². The lowest BCUT2D eigenvalue weighted by atomic mass is 10.2. The summed E-state index contributed by atoms with van der Waals surface area (Å²) in [5.74, 6) is 1.000. The van der Waals surface area contributed by atoms with Crippen LogP contribution in [0.15, 0.2) is 45.9 Å². The number of thioether (sulfide) groups is 1. The van der Waals surface area contributed by atoms with Gasteiger partial charge in [-0.1, -0.05) is 35.8 Å². The van der Waals surface area contributed by atoms with Crippen LogP contribution in [0.25, 0.3) is 0 Å². The molecule has 0 aliphatic heterocycles. The van der Waals surface area contributed by atoms with Gasteiger partial charge in [-0.05, 0) is 37.2 Å². The second-order valence-electron chi connectivity index (χ2n) is 4.86. The highest BCUT2D eigenvalue weighted by molar-refractivity contribution is 9.10. The molecule has 0 saturated carbocycles. The van der Waals surface area contributed by atoms with Crippen LogP contribution in [0.5, 0.6) is 0 Å². The smallest absolute Gasteiger partial charge is 0.0587 e. The minimum Gasteiger partial charge on any atom is -0.308 e. The van der Waals surface area contributed by atoms with Crippen molar-refractivity contribution in [2.75, 3.05) is 12.3 Å². The highest BCUT2D eigenvalue weighted by atomic mass is 79.9. The normalized spacial score (nSPS) is 12.5. The van der Waals surface area contributed by atoms with Crippen molar-refractivity contribution in [2.45, 2.75) is 37.8 Å². The van der Waals surface area contributed by atoms with E-state index in [-0.39, 0.29) is 0 Å². The van der Waals surface area contributed by atoms with Gasteiger partial charge in [0.1, 0.15) is 0 Å². The van der Waals surface area contributed by atoms with Crippen molar-refractivity contribution in [3.8, 4) is 0 Å². The Morgan fingerprint density at radius 2 is 2.19 bits per heavy atom. The van der Waals surface area contributed by atoms with Crippen LogP contribution in [0.3, 0.4) is 0 Å². The fourth-order valence-electron chi connectivity index (χ4n) is 2.27. The third-order valence-corrected chi connectivity index (χ3v) is 4.79. The Labute approximate surface area is 139 Å². The molecular weight excluding hydrogens is 346 g/mol. The number of halogens is 1. The average molecular weight is 368 g/mol. The third kappa shape index (κ3) is 4.87. The Morgan fingerprint density at radius 1 is 1.33 bits per heavy atom. The molecule has 114 valence electrons. The summed E-state index contributed by atoms with van der Waals surface area (Å²) in [6, 6.07) is 10.9. The summed E-state index contributed by atoms with van der Waals surface area (Å²) < 4.78 is 3.25. The number of hydrogen-bond donors (Lipinski definition) is 1. The van der Waals surface area contributed by atoms with Crippen LogP contribution in [0.1, 0.15) is 32.0 Å². The Morgan fingerprint density at radius 3 is 2.90 bits per heavy atom. The third-order valence-electron chi connectivity index (χ3n) is 3.21. The Hall–Kier alpha value is -0.780. The van der Waals surface area contributed by atoms with Crippen molar-refractivity contribution in [2.24, 2.45) is 0 Å². The maximum atomic E-state index is 4.44. The van der Waals surface area contributed by atoms with E-state index < -0.39 is 0 Å². The highest BCUT2D eigenvalue weighted by Crippen LogP contribution is 2.26. The molecule has 1 N–H and O–H groups in total. The molecule has 1 atom stereocenters. The van der Waals surface area contributed by atoms with Crippen LogP contribution in [0.2, 0.25) is 0 Å². The number of rotatable bonds is 8. The minimum atomic E-state index is 0.327. The van der Waals surface area contributed by atoms with Gasteiger partial charge in [0, 0.05) is 27.9 Å². The van der Waals surface area contributed by atoms with Gasteiger partial charge in [-0.2, -0.15) is 5.10 Å². The predicted molar refractivity (Wildman–Crippen MR) is 93.8 cm³/mol. The lowest BCUT2D eigenvalue weighted by molar-refractivity contribution is 0.508. The molecule has 0 bridgehead atoms. The number of aryl methyl sites for hydroxylation is 1. The molecular formula is C16H22BrN3S. The first-order valence-corrected chi connectivity index (χ1v) is 9.16. The van der Waals surface area contributed by atoms with Crippen LogP contribution in [-0.2, 0) is 6.54 Å². The van der Waals surface area contributed by atoms with Gasteiger partial charge >= 0.3 is 0 Å². The van der Waals surface area contributed by atoms with Crippen molar-refractivity contribution >= 4 is 27.7 Å². The van der Waals surface area contributed by atoms with Crippen LogP contribution >= 0.6 is 27.7 Å². The molecule has 3 nitrogen and oxygen atoms in total. The first-order chi connectivity index (χ1) is 10.2. The first kappa shape index (κ1) is 16.6. The van der Waals surface area contributed by atoms with E-state index in [0.29, 0.717) is 6.04 Å². The summed E-state index contributed by atoms with van der Waals surface area (Å²) in [6.07, 6.45) is 3.01. The van der Waals surface area contributed by atoms with E-state index in [4.69, 9.17) is 0 Å². The average Bonchev–Trinajstić information content (AvgIpc) is 2.92. The second kappa shape index (κ2) is 8.61. The zero-order chi connectivity index (χ0) is 15.1. The van der Waals surface area contributed by atoms with Crippen molar-refractivity contribution in [3.05, 3.63) is 46.7 Å². The summed E-state index contributed by atoms with van der Waals surface area (Å²) in [5, 5.41) is 8.01. The topological polar surface area (TPSA) is 29.9 Å². The number of hydrogen-bond acceptors (Lipinski definition) is 3. The largest absolute Gasteiger partial charge is 0.308 e. The molecule has 0 spiro atoms. The molecule has 0 radical (unpaired) electrons. The molecule has 5 heteroatoms. The lowest BCUT2D eigenvalue weighted by Gasteiger charge is -2.19. The Balaban J connectivity index is 2.06. The molecule has 0 saturated heterocycles. The molecule has 0 fully saturated rings. The van der Waals surface area contributed by atoms with Crippen LogP contribution < -0.4 is 5.32 Å². The van der Waals surface area contributed by atoms with Crippen molar-refractivity contribution in [1.29, 1.82) is 0 Å². The molecule has 1 heterocycles. The second-order valence-corrected chi connectivity index (χ2v) is 6.87. The van der Waals surface area contributed by atoms with E-state index >= 15 is 0 Å². The molecule has 0 aliphatic rings. The fourth-order valence-corrected chi connectivity index (χ4v) is 3.85. The SMILES string of the molecule is CCCn1nccc1C(CSc1cccc(Br)c1)NCC. The maximum Gasteiger partial charge on any atom is 0.0587 e. The van der Waals surface area contributed by atoms with Gasteiger partial charge in [-0.25, -0.2) is 0 Å². The summed E-state index contributed by atoms with van der Waals surface area (Å²) in [4.78, 5) is 1.29. The van der Waals surface area contributed by atoms with Gasteiger partial charge in [-0.3, -0.25) is 4.68 Å². The highest BCUT2D eigenvalue weighted by Gasteiger charge is 2.15. The minimum absolute atomic E-state index is 0.327. The van der Waals surface area contributed by atoms with E-state index in [1.54, 1.807) is 0 Å². The van der Waals surface area contributed by atoms with Crippen LogP contribution in [0.4, 0.5) is 0 Å². The van der Waals surface area contributed by atoms with Crippen molar-refractivity contribution in [3.63, 3.8) is 0 Å². The molecule has 1 aromatic heterocycles. The van der Waals surface area contributed by atoms with E-state index in [9.17, 15) is 0 Å². The van der Waals surface area contributed by atoms with Gasteiger partial charge in [0.05, 0.1) is 11.7 Å². The van der Waals surface area contributed by atoms with Crippen molar-refractivity contribution in [1.82, 2.24) is 15.1 Å². The molecule has 2 rings (SSSR count). The van der Waals surface area contributed by atoms with Gasteiger partial charge < -0.3 is 5.32 Å². The standard InChI is InChI=1S/C16H22BrN3S/c1-3-10-20-16(8-9-19-20)15(18-4-2)12-21-14-7-5-6-13(17)11-14/h5-9,11,15,18H,3-4,10,12H2,1-2H3. The van der Waals surface area contributed by atoms with Gasteiger partial charge in [0.15, 0.2) is 0 Å². The van der Waals surface area contributed by atoms with Gasteiger partial charge in [0.25, 0.3) is 0 Å². The van der Waals surface area contributed by atoms with E-state index in [0.717, 1.165) is 29.7 Å². The summed E-state index contributed by atoms with van der Waals surface area (Å²) in [5.41, 5.74) is 1.28. The quantitative estimate of drug-likeness (QED) is 0.696. The zero-order valence-corrected chi connectivity index (χ0v) is 15.0. The summed E-state index contributed by atoms with van der Waals surface area (Å²) >= 11 is 5.40. The Bertz CT molecular complexity index is 556. The molecule has 2 aromatic rings. The number of benzene rings is 1. The molecule has 0 aliphatic carbocycles. The molecule has 1 unspecified atom stereocenters. The molecule has 21 heavy (non-hydrogen) atoms. The van der Waals surface area contributed by atoms with E-state index in [2.05, 4.69) is 75.2 Å². The molecule has 0 amide bonds. The maximum absolute atomic E-state index is 4.44. The van der Waals surface area contributed by atoms with Crippen LogP contribution in [-0.4, -0.2) is 22.1 Å². The summed E-state index contributed by atoms with van der Waals surface area (Å²) in [7, 11) is 0. The lowest BCUT2D eigenvalue weighted by Crippen LogP contribution is -2.25. The van der Waals surface area contributed by atoms with Gasteiger partial charge in [0.2, 0.25) is 0 Å². The Kier molecular flexibility index (Phi) is 6.80. The van der Waals surface area contributed by atoms with E-state index in [1.165, 1.54) is 10.6 Å². The summed E-state index contributed by atoms with van der Waals surface area (Å²) in [6.45, 7) is 6.27. The zero-order valence-electron chi connectivity index (χ0n) is 12.6. The van der Waals surface area contributed by atoms with Gasteiger partial charge in [-0.15, -0.1) is 11.8 Å². The number of nitrogens with one attached hydrogen (secondary N) is 1.